The van der Waals surface area contributed by atoms with Gasteiger partial charge in [0.05, 0.1) is 17.6 Å². The number of fused-ring (bicyclic) bond motifs is 1. The largest absolute Gasteiger partial charge is 0.462 e. The SMILES string of the molecule is CCOC(=O)c1c(-c2ccccc2)oc2cc([N+](=O)[O-])ccc12. The molecule has 0 saturated heterocycles. The third kappa shape index (κ3) is 2.66. The molecule has 3 aromatic rings. The van der Waals surface area contributed by atoms with E-state index < -0.39 is 10.9 Å². The summed E-state index contributed by atoms with van der Waals surface area (Å²) in [5, 5.41) is 11.4. The fourth-order valence-corrected chi connectivity index (χ4v) is 2.40. The van der Waals surface area contributed by atoms with Crippen molar-refractivity contribution in [2.75, 3.05) is 6.61 Å². The number of carbonyl (C=O) groups excluding carboxylic acids is 1. The number of rotatable bonds is 4. The van der Waals surface area contributed by atoms with Crippen molar-refractivity contribution < 1.29 is 18.9 Å². The molecule has 0 unspecified atom stereocenters. The zero-order valence-corrected chi connectivity index (χ0v) is 12.3. The van der Waals surface area contributed by atoms with E-state index in [-0.39, 0.29) is 23.4 Å². The molecule has 0 fully saturated rings. The minimum atomic E-state index is -0.515. The molecule has 1 aromatic heterocycles. The van der Waals surface area contributed by atoms with Crippen LogP contribution >= 0.6 is 0 Å². The molecule has 0 aliphatic heterocycles. The van der Waals surface area contributed by atoms with Crippen molar-refractivity contribution in [2.45, 2.75) is 6.92 Å². The van der Waals surface area contributed by atoms with Crippen LogP contribution in [0.25, 0.3) is 22.3 Å². The Bertz CT molecular complexity index is 883. The Balaban J connectivity index is 2.26. The minimum absolute atomic E-state index is 0.0960. The van der Waals surface area contributed by atoms with Gasteiger partial charge in [0, 0.05) is 17.0 Å². The van der Waals surface area contributed by atoms with Crippen molar-refractivity contribution in [2.24, 2.45) is 0 Å². The predicted octanol–water partition coefficient (Wildman–Crippen LogP) is 4.18. The van der Waals surface area contributed by atoms with Crippen LogP contribution in [0.1, 0.15) is 17.3 Å². The van der Waals surface area contributed by atoms with Crippen molar-refractivity contribution >= 4 is 22.6 Å². The van der Waals surface area contributed by atoms with Crippen LogP contribution in [0.2, 0.25) is 0 Å². The van der Waals surface area contributed by atoms with Crippen molar-refractivity contribution in [1.29, 1.82) is 0 Å². The van der Waals surface area contributed by atoms with Gasteiger partial charge in [-0.05, 0) is 13.0 Å². The van der Waals surface area contributed by atoms with Crippen LogP contribution in [-0.4, -0.2) is 17.5 Å². The van der Waals surface area contributed by atoms with E-state index in [1.54, 1.807) is 19.1 Å². The molecule has 0 radical (unpaired) electrons. The summed E-state index contributed by atoms with van der Waals surface area (Å²) in [6.07, 6.45) is 0. The van der Waals surface area contributed by atoms with Crippen LogP contribution < -0.4 is 0 Å². The second-order valence-electron chi connectivity index (χ2n) is 4.83. The number of nitro groups is 1. The number of hydrogen-bond donors (Lipinski definition) is 0. The molecule has 1 heterocycles. The Morgan fingerprint density at radius 2 is 1.96 bits per heavy atom. The number of nitrogens with zero attached hydrogens (tertiary/aromatic N) is 1. The lowest BCUT2D eigenvalue weighted by Crippen LogP contribution is -2.05. The molecular weight excluding hydrogens is 298 g/mol. The molecule has 0 aliphatic rings. The zero-order valence-electron chi connectivity index (χ0n) is 12.3. The van der Waals surface area contributed by atoms with E-state index in [0.717, 1.165) is 0 Å². The average molecular weight is 311 g/mol. The van der Waals surface area contributed by atoms with Gasteiger partial charge in [-0.2, -0.15) is 0 Å². The fourth-order valence-electron chi connectivity index (χ4n) is 2.40. The lowest BCUT2D eigenvalue weighted by atomic mass is 10.1. The Kier molecular flexibility index (Phi) is 3.80. The summed E-state index contributed by atoms with van der Waals surface area (Å²) in [7, 11) is 0. The van der Waals surface area contributed by atoms with Gasteiger partial charge < -0.3 is 9.15 Å². The number of non-ortho nitro benzene ring substituents is 1. The quantitative estimate of drug-likeness (QED) is 0.410. The maximum Gasteiger partial charge on any atom is 0.342 e. The summed E-state index contributed by atoms with van der Waals surface area (Å²) in [5.41, 5.74) is 1.17. The molecule has 0 amide bonds. The topological polar surface area (TPSA) is 82.6 Å². The summed E-state index contributed by atoms with van der Waals surface area (Å²) < 4.78 is 10.8. The molecule has 6 nitrogen and oxygen atoms in total. The highest BCUT2D eigenvalue weighted by Gasteiger charge is 2.24. The first-order valence-electron chi connectivity index (χ1n) is 7.05. The van der Waals surface area contributed by atoms with E-state index in [0.29, 0.717) is 16.7 Å². The molecule has 0 atom stereocenters. The van der Waals surface area contributed by atoms with E-state index in [1.807, 2.05) is 18.2 Å². The van der Waals surface area contributed by atoms with Crippen molar-refractivity contribution in [3.05, 3.63) is 64.2 Å². The van der Waals surface area contributed by atoms with Gasteiger partial charge in [-0.25, -0.2) is 4.79 Å². The van der Waals surface area contributed by atoms with Crippen molar-refractivity contribution in [3.8, 4) is 11.3 Å². The van der Waals surface area contributed by atoms with Gasteiger partial charge in [-0.3, -0.25) is 10.1 Å². The molecule has 116 valence electrons. The van der Waals surface area contributed by atoms with Gasteiger partial charge in [0.25, 0.3) is 5.69 Å². The average Bonchev–Trinajstić information content (AvgIpc) is 2.94. The molecule has 0 aliphatic carbocycles. The number of carbonyl (C=O) groups is 1. The highest BCUT2D eigenvalue weighted by Crippen LogP contribution is 2.35. The van der Waals surface area contributed by atoms with E-state index in [1.165, 1.54) is 18.2 Å². The summed E-state index contributed by atoms with van der Waals surface area (Å²) in [4.78, 5) is 22.7. The van der Waals surface area contributed by atoms with Crippen LogP contribution in [0, 0.1) is 10.1 Å². The Morgan fingerprint density at radius 3 is 2.61 bits per heavy atom. The van der Waals surface area contributed by atoms with E-state index in [9.17, 15) is 14.9 Å². The lowest BCUT2D eigenvalue weighted by molar-refractivity contribution is -0.384. The number of benzene rings is 2. The van der Waals surface area contributed by atoms with Crippen LogP contribution in [0.5, 0.6) is 0 Å². The van der Waals surface area contributed by atoms with Gasteiger partial charge in [0.15, 0.2) is 0 Å². The van der Waals surface area contributed by atoms with Crippen LogP contribution in [0.3, 0.4) is 0 Å². The summed E-state index contributed by atoms with van der Waals surface area (Å²) in [6.45, 7) is 1.94. The first-order chi connectivity index (χ1) is 11.1. The van der Waals surface area contributed by atoms with Crippen molar-refractivity contribution in [1.82, 2.24) is 0 Å². The number of nitro benzene ring substituents is 1. The first kappa shape index (κ1) is 14.8. The Morgan fingerprint density at radius 1 is 1.22 bits per heavy atom. The molecule has 0 bridgehead atoms. The van der Waals surface area contributed by atoms with E-state index >= 15 is 0 Å². The second-order valence-corrected chi connectivity index (χ2v) is 4.83. The van der Waals surface area contributed by atoms with Crippen LogP contribution in [-0.2, 0) is 4.74 Å². The molecule has 3 rings (SSSR count). The molecule has 23 heavy (non-hydrogen) atoms. The summed E-state index contributed by atoms with van der Waals surface area (Å²) >= 11 is 0. The third-order valence-corrected chi connectivity index (χ3v) is 3.40. The van der Waals surface area contributed by atoms with Crippen LogP contribution in [0.15, 0.2) is 52.9 Å². The lowest BCUT2D eigenvalue weighted by Gasteiger charge is -2.03. The predicted molar refractivity (Wildman–Crippen MR) is 84.3 cm³/mol. The van der Waals surface area contributed by atoms with Gasteiger partial charge in [-0.15, -0.1) is 0 Å². The molecule has 0 saturated carbocycles. The molecule has 2 aromatic carbocycles. The second kappa shape index (κ2) is 5.92. The Hall–Kier alpha value is -3.15. The van der Waals surface area contributed by atoms with Crippen LogP contribution in [0.4, 0.5) is 5.69 Å². The standard InChI is InChI=1S/C17H13NO5/c1-2-22-17(19)15-13-9-8-12(18(20)21)10-14(13)23-16(15)11-6-4-3-5-7-11/h3-10H,2H2,1H3. The number of furan rings is 1. The fraction of sp³-hybridized carbons (Fsp3) is 0.118. The van der Waals surface area contributed by atoms with Gasteiger partial charge in [0.2, 0.25) is 0 Å². The molecule has 0 spiro atoms. The van der Waals surface area contributed by atoms with Gasteiger partial charge in [-0.1, -0.05) is 30.3 Å². The van der Waals surface area contributed by atoms with E-state index in [2.05, 4.69) is 0 Å². The zero-order chi connectivity index (χ0) is 16.4. The maximum atomic E-state index is 12.3. The number of ether oxygens (including phenoxy) is 1. The molecule has 0 N–H and O–H groups in total. The monoisotopic (exact) mass is 311 g/mol. The maximum absolute atomic E-state index is 12.3. The van der Waals surface area contributed by atoms with Gasteiger partial charge in [0.1, 0.15) is 16.9 Å². The highest BCUT2D eigenvalue weighted by atomic mass is 16.6. The number of hydrogen-bond acceptors (Lipinski definition) is 5. The molecular formula is C17H13NO5. The number of esters is 1. The van der Waals surface area contributed by atoms with Gasteiger partial charge >= 0.3 is 5.97 Å². The Labute approximate surface area is 131 Å². The third-order valence-electron chi connectivity index (χ3n) is 3.40. The van der Waals surface area contributed by atoms with Crippen molar-refractivity contribution in [3.63, 3.8) is 0 Å². The summed E-state index contributed by atoms with van der Waals surface area (Å²) in [5.74, 6) is -0.168. The normalized spacial score (nSPS) is 10.7. The smallest absolute Gasteiger partial charge is 0.342 e. The minimum Gasteiger partial charge on any atom is -0.462 e. The first-order valence-corrected chi connectivity index (χ1v) is 7.05. The highest BCUT2D eigenvalue weighted by molar-refractivity contribution is 6.09. The summed E-state index contributed by atoms with van der Waals surface area (Å²) in [6, 6.07) is 13.3. The molecule has 6 heteroatoms. The van der Waals surface area contributed by atoms with E-state index in [4.69, 9.17) is 9.15 Å².